The number of anilines is 1. The highest BCUT2D eigenvalue weighted by Crippen LogP contribution is 2.21. The molecule has 15 heavy (non-hydrogen) atoms. The predicted molar refractivity (Wildman–Crippen MR) is 55.5 cm³/mol. The molecule has 6 nitrogen and oxygen atoms in total. The van der Waals surface area contributed by atoms with Gasteiger partial charge in [-0.15, -0.1) is 10.2 Å². The molecule has 0 aromatic carbocycles. The summed E-state index contributed by atoms with van der Waals surface area (Å²) in [6, 6.07) is 3.43. The van der Waals surface area contributed by atoms with Crippen LogP contribution in [0.2, 0.25) is 5.02 Å². The van der Waals surface area contributed by atoms with Crippen LogP contribution in [0.4, 0.5) is 5.82 Å². The maximum atomic E-state index is 5.94. The number of halogens is 1. The van der Waals surface area contributed by atoms with Crippen molar-refractivity contribution in [1.29, 1.82) is 0 Å². The Kier molecular flexibility index (Phi) is 2.77. The zero-order valence-electron chi connectivity index (χ0n) is 7.98. The number of tetrazole rings is 1. The van der Waals surface area contributed by atoms with Crippen molar-refractivity contribution in [3.63, 3.8) is 0 Å². The Hall–Kier alpha value is -1.69. The number of nitrogens with one attached hydrogen (secondary N) is 2. The van der Waals surface area contributed by atoms with Gasteiger partial charge in [-0.1, -0.05) is 16.8 Å². The van der Waals surface area contributed by atoms with Crippen LogP contribution in [0.1, 0.15) is 18.8 Å². The molecule has 0 fully saturated rings. The average molecular weight is 225 g/mol. The van der Waals surface area contributed by atoms with Crippen molar-refractivity contribution in [2.75, 3.05) is 5.32 Å². The van der Waals surface area contributed by atoms with Gasteiger partial charge in [0.1, 0.15) is 5.82 Å². The molecule has 0 radical (unpaired) electrons. The molecule has 7 heteroatoms. The molecule has 0 spiro atoms. The van der Waals surface area contributed by atoms with Crippen LogP contribution >= 0.6 is 11.6 Å². The molecule has 0 aliphatic heterocycles. The first-order chi connectivity index (χ1) is 7.27. The Bertz CT molecular complexity index is 428. The van der Waals surface area contributed by atoms with Crippen molar-refractivity contribution in [1.82, 2.24) is 25.6 Å². The van der Waals surface area contributed by atoms with Crippen LogP contribution in [0.3, 0.4) is 0 Å². The molecule has 2 N–H and O–H groups in total. The lowest BCUT2D eigenvalue weighted by Crippen LogP contribution is -2.09. The molecular formula is C8H9ClN6. The van der Waals surface area contributed by atoms with E-state index < -0.39 is 0 Å². The zero-order valence-corrected chi connectivity index (χ0v) is 8.73. The molecule has 0 aliphatic carbocycles. The van der Waals surface area contributed by atoms with Gasteiger partial charge in [-0.3, -0.25) is 0 Å². The van der Waals surface area contributed by atoms with E-state index in [1.165, 1.54) is 0 Å². The molecule has 78 valence electrons. The average Bonchev–Trinajstić information content (AvgIpc) is 2.74. The van der Waals surface area contributed by atoms with Gasteiger partial charge in [0.15, 0.2) is 5.82 Å². The van der Waals surface area contributed by atoms with E-state index in [9.17, 15) is 0 Å². The SMILES string of the molecule is CC(Nc1ncccc1Cl)c1nn[nH]n1. The summed E-state index contributed by atoms with van der Waals surface area (Å²) in [7, 11) is 0. The third-order valence-corrected chi connectivity index (χ3v) is 2.17. The van der Waals surface area contributed by atoms with Crippen molar-refractivity contribution in [3.05, 3.63) is 29.2 Å². The van der Waals surface area contributed by atoms with Gasteiger partial charge >= 0.3 is 0 Å². The van der Waals surface area contributed by atoms with Gasteiger partial charge < -0.3 is 5.32 Å². The van der Waals surface area contributed by atoms with E-state index in [4.69, 9.17) is 11.6 Å². The summed E-state index contributed by atoms with van der Waals surface area (Å²) in [5, 5.41) is 17.2. The first-order valence-electron chi connectivity index (χ1n) is 4.38. The van der Waals surface area contributed by atoms with E-state index in [-0.39, 0.29) is 6.04 Å². The summed E-state index contributed by atoms with van der Waals surface area (Å²) < 4.78 is 0. The van der Waals surface area contributed by atoms with E-state index >= 15 is 0 Å². The summed E-state index contributed by atoms with van der Waals surface area (Å²) in [5.74, 6) is 1.17. The van der Waals surface area contributed by atoms with Crippen molar-refractivity contribution >= 4 is 17.4 Å². The lowest BCUT2D eigenvalue weighted by atomic mass is 10.3. The molecular weight excluding hydrogens is 216 g/mol. The quantitative estimate of drug-likeness (QED) is 0.824. The zero-order chi connectivity index (χ0) is 10.7. The van der Waals surface area contributed by atoms with Crippen molar-refractivity contribution in [2.24, 2.45) is 0 Å². The second-order valence-corrected chi connectivity index (χ2v) is 3.38. The largest absolute Gasteiger partial charge is 0.359 e. The van der Waals surface area contributed by atoms with E-state index in [2.05, 4.69) is 30.9 Å². The summed E-state index contributed by atoms with van der Waals surface area (Å²) in [5.41, 5.74) is 0. The van der Waals surface area contributed by atoms with E-state index in [1.54, 1.807) is 18.3 Å². The van der Waals surface area contributed by atoms with E-state index in [0.29, 0.717) is 16.7 Å². The van der Waals surface area contributed by atoms with E-state index in [1.807, 2.05) is 6.92 Å². The van der Waals surface area contributed by atoms with Gasteiger partial charge in [0, 0.05) is 6.20 Å². The predicted octanol–water partition coefficient (Wildman–Crippen LogP) is 1.42. The third kappa shape index (κ3) is 2.21. The molecule has 0 saturated carbocycles. The molecule has 0 saturated heterocycles. The highest BCUT2D eigenvalue weighted by atomic mass is 35.5. The number of hydrogen-bond donors (Lipinski definition) is 2. The molecule has 0 aliphatic rings. The van der Waals surface area contributed by atoms with Gasteiger partial charge in [-0.05, 0) is 19.1 Å². The van der Waals surface area contributed by atoms with Crippen LogP contribution in [-0.2, 0) is 0 Å². The highest BCUT2D eigenvalue weighted by Gasteiger charge is 2.11. The van der Waals surface area contributed by atoms with Crippen LogP contribution in [0.5, 0.6) is 0 Å². The second-order valence-electron chi connectivity index (χ2n) is 2.97. The van der Waals surface area contributed by atoms with Gasteiger partial charge in [0.05, 0.1) is 11.1 Å². The van der Waals surface area contributed by atoms with Crippen molar-refractivity contribution in [3.8, 4) is 0 Å². The Labute approximate surface area is 91.1 Å². The Balaban J connectivity index is 2.13. The molecule has 1 atom stereocenters. The molecule has 2 rings (SSSR count). The molecule has 2 aromatic rings. The number of rotatable bonds is 3. The number of H-pyrrole nitrogens is 1. The number of pyridine rings is 1. The molecule has 2 aromatic heterocycles. The van der Waals surface area contributed by atoms with Gasteiger partial charge in [0.25, 0.3) is 0 Å². The maximum absolute atomic E-state index is 5.94. The van der Waals surface area contributed by atoms with Crippen LogP contribution in [-0.4, -0.2) is 25.6 Å². The standard InChI is InChI=1S/C8H9ClN6/c1-5(7-12-14-15-13-7)11-8-6(9)3-2-4-10-8/h2-5H,1H3,(H,10,11)(H,12,13,14,15). The fourth-order valence-electron chi connectivity index (χ4n) is 1.11. The third-order valence-electron chi connectivity index (χ3n) is 1.86. The minimum atomic E-state index is -0.101. The summed E-state index contributed by atoms with van der Waals surface area (Å²) in [6.45, 7) is 1.90. The summed E-state index contributed by atoms with van der Waals surface area (Å²) in [6.07, 6.45) is 1.66. The number of hydrogen-bond acceptors (Lipinski definition) is 5. The van der Waals surface area contributed by atoms with Gasteiger partial charge in [-0.2, -0.15) is 5.21 Å². The summed E-state index contributed by atoms with van der Waals surface area (Å²) >= 11 is 5.94. The topological polar surface area (TPSA) is 79.4 Å². The minimum absolute atomic E-state index is 0.101. The van der Waals surface area contributed by atoms with Crippen LogP contribution in [0.15, 0.2) is 18.3 Å². The maximum Gasteiger partial charge on any atom is 0.196 e. The lowest BCUT2D eigenvalue weighted by Gasteiger charge is -2.11. The Morgan fingerprint density at radius 1 is 1.53 bits per heavy atom. The fraction of sp³-hybridized carbons (Fsp3) is 0.250. The van der Waals surface area contributed by atoms with Crippen LogP contribution in [0, 0.1) is 0 Å². The fourth-order valence-corrected chi connectivity index (χ4v) is 1.29. The first kappa shape index (κ1) is 9.85. The molecule has 0 amide bonds. The minimum Gasteiger partial charge on any atom is -0.359 e. The monoisotopic (exact) mass is 224 g/mol. The lowest BCUT2D eigenvalue weighted by molar-refractivity contribution is 0.788. The first-order valence-corrected chi connectivity index (χ1v) is 4.75. The van der Waals surface area contributed by atoms with E-state index in [0.717, 1.165) is 0 Å². The number of aromatic nitrogens is 5. The van der Waals surface area contributed by atoms with Gasteiger partial charge in [0.2, 0.25) is 0 Å². The number of nitrogens with zero attached hydrogens (tertiary/aromatic N) is 4. The number of aromatic amines is 1. The van der Waals surface area contributed by atoms with Crippen molar-refractivity contribution in [2.45, 2.75) is 13.0 Å². The second kappa shape index (κ2) is 4.22. The summed E-state index contributed by atoms with van der Waals surface area (Å²) in [4.78, 5) is 4.10. The Morgan fingerprint density at radius 3 is 3.07 bits per heavy atom. The Morgan fingerprint density at radius 2 is 2.40 bits per heavy atom. The van der Waals surface area contributed by atoms with Crippen LogP contribution < -0.4 is 5.32 Å². The highest BCUT2D eigenvalue weighted by molar-refractivity contribution is 6.32. The smallest absolute Gasteiger partial charge is 0.196 e. The van der Waals surface area contributed by atoms with Gasteiger partial charge in [-0.25, -0.2) is 4.98 Å². The molecule has 2 heterocycles. The van der Waals surface area contributed by atoms with Crippen molar-refractivity contribution < 1.29 is 0 Å². The van der Waals surface area contributed by atoms with Crippen LogP contribution in [0.25, 0.3) is 0 Å². The normalized spacial score (nSPS) is 12.4. The molecule has 0 bridgehead atoms. The molecule has 1 unspecified atom stereocenters.